The third-order valence-corrected chi connectivity index (χ3v) is 19.3. The fraction of sp³-hybridized carbons (Fsp3) is 0.442. The van der Waals surface area contributed by atoms with Crippen molar-refractivity contribution in [1.82, 2.24) is 19.8 Å². The molecule has 0 amide bonds. The summed E-state index contributed by atoms with van der Waals surface area (Å²) in [6.45, 7) is 6.84. The molecule has 8 aliphatic heterocycles. The molecule has 0 N–H and O–H groups in total. The molecule has 12 rings (SSSR count). The van der Waals surface area contributed by atoms with Crippen LogP contribution in [0.4, 0.5) is 11.4 Å². The normalized spacial score (nSPS) is 26.6. The Labute approximate surface area is 355 Å². The summed E-state index contributed by atoms with van der Waals surface area (Å²) < 4.78 is 14.6. The molecule has 6 saturated heterocycles. The van der Waals surface area contributed by atoms with E-state index in [0.717, 1.165) is 69.2 Å². The maximum absolute atomic E-state index is 11.4. The summed E-state index contributed by atoms with van der Waals surface area (Å²) in [5, 5.41) is 21.7. The van der Waals surface area contributed by atoms with Gasteiger partial charge < -0.3 is 4.74 Å². The first-order valence-corrected chi connectivity index (χ1v) is 30.9. The number of pyridine rings is 2. The van der Waals surface area contributed by atoms with Crippen molar-refractivity contribution >= 4 is 61.8 Å². The molecule has 10 heterocycles. The van der Waals surface area contributed by atoms with Crippen LogP contribution in [0.2, 0.25) is 14.8 Å². The molecule has 59 heavy (non-hydrogen) atoms. The van der Waals surface area contributed by atoms with E-state index in [1.165, 1.54) is 65.4 Å². The number of piperidine rings is 6. The monoisotopic (exact) mass is 974 g/mol. The SMILES string of the molecule is O=Cc1ccc([N+](=O)[O-])c(-c2cnc3c(c2)C[C@@]2(CN4CCC2CC4)O3)c1.O=Cc1ccc([N+](=O)[O-])c(Br)c1.[CH3][Sn]([CH3])([CH3])[c]1cnc2c(c1)C[C@@]1(CN3CCC1CC3)O2. The Hall–Kier alpha value is -4.32. The molecule has 0 aliphatic carbocycles. The molecule has 0 unspecified atom stereocenters. The quantitative estimate of drug-likeness (QED) is 0.0835. The molecular weight excluding hydrogens is 927 g/mol. The van der Waals surface area contributed by atoms with Gasteiger partial charge in [-0.3, -0.25) is 34.7 Å². The Bertz CT molecular complexity index is 2330. The minimum atomic E-state index is -2.02. The molecule has 0 radical (unpaired) electrons. The van der Waals surface area contributed by atoms with Crippen LogP contribution in [0.5, 0.6) is 11.8 Å². The van der Waals surface area contributed by atoms with Gasteiger partial charge in [0, 0.05) is 59.5 Å². The van der Waals surface area contributed by atoms with Crippen molar-refractivity contribution in [3.63, 3.8) is 0 Å². The number of aldehydes is 2. The Kier molecular flexibility index (Phi) is 11.4. The summed E-state index contributed by atoms with van der Waals surface area (Å²) in [6.07, 6.45) is 11.8. The van der Waals surface area contributed by atoms with Gasteiger partial charge in [-0.1, -0.05) is 0 Å². The predicted molar refractivity (Wildman–Crippen MR) is 228 cm³/mol. The van der Waals surface area contributed by atoms with Crippen LogP contribution in [0.15, 0.2) is 65.4 Å². The first-order chi connectivity index (χ1) is 28.2. The Morgan fingerprint density at radius 3 is 1.68 bits per heavy atom. The van der Waals surface area contributed by atoms with E-state index in [4.69, 9.17) is 9.47 Å². The van der Waals surface area contributed by atoms with Crippen molar-refractivity contribution in [2.75, 3.05) is 39.3 Å². The molecule has 2 aromatic carbocycles. The summed E-state index contributed by atoms with van der Waals surface area (Å²) in [7, 11) is 0. The number of fused-ring (bicyclic) bond motifs is 6. The molecule has 308 valence electrons. The van der Waals surface area contributed by atoms with Crippen LogP contribution in [0.1, 0.15) is 57.5 Å². The molecule has 2 atom stereocenters. The van der Waals surface area contributed by atoms with Gasteiger partial charge in [0.1, 0.15) is 18.2 Å². The van der Waals surface area contributed by atoms with Crippen molar-refractivity contribution in [1.29, 1.82) is 0 Å². The first-order valence-electron chi connectivity index (χ1n) is 20.1. The van der Waals surface area contributed by atoms with Crippen molar-refractivity contribution in [2.45, 2.75) is 64.5 Å². The van der Waals surface area contributed by atoms with Gasteiger partial charge in [0.2, 0.25) is 5.88 Å². The van der Waals surface area contributed by atoms with E-state index in [0.29, 0.717) is 51.1 Å². The first kappa shape index (κ1) is 41.4. The zero-order chi connectivity index (χ0) is 41.7. The zero-order valence-electron chi connectivity index (χ0n) is 33.4. The number of hydrogen-bond acceptors (Lipinski definition) is 12. The number of carbonyl (C=O) groups excluding carboxylic acids is 2. The molecule has 4 bridgehead atoms. The molecule has 8 aliphatic rings. The second kappa shape index (κ2) is 16.3. The van der Waals surface area contributed by atoms with Gasteiger partial charge in [-0.2, -0.15) is 0 Å². The number of nitrogens with zero attached hydrogens (tertiary/aromatic N) is 6. The van der Waals surface area contributed by atoms with E-state index >= 15 is 0 Å². The topological polar surface area (TPSA) is 171 Å². The average Bonchev–Trinajstić information content (AvgIpc) is 3.77. The van der Waals surface area contributed by atoms with Gasteiger partial charge in [-0.15, -0.1) is 0 Å². The van der Waals surface area contributed by atoms with E-state index in [2.05, 4.69) is 62.8 Å². The van der Waals surface area contributed by atoms with Crippen molar-refractivity contribution < 1.29 is 28.9 Å². The van der Waals surface area contributed by atoms with Crippen molar-refractivity contribution in [2.24, 2.45) is 11.8 Å². The van der Waals surface area contributed by atoms with Gasteiger partial charge in [0.05, 0.1) is 19.9 Å². The summed E-state index contributed by atoms with van der Waals surface area (Å²) in [5.74, 6) is 2.84. The Morgan fingerprint density at radius 1 is 0.729 bits per heavy atom. The van der Waals surface area contributed by atoms with E-state index in [1.54, 1.807) is 12.3 Å². The standard InChI is InChI=1S/C20H19N3O4.C13H15N2O.C7H4BrNO3.3CH3.Sn/c24-11-13-1-2-18(23(25)26)17(7-13)15-8-14-9-20(27-19(14)21-10-15)12-22-5-3-16(20)4-6-22;1-2-10-8-13(16-12(10)14-5-1)9-15-6-3-11(13)4-7-15;8-6-3-5(4-10)1-2-7(6)9(11)12;;;;/h1-2,7-8,10-11,16H,3-6,9,12H2;2,5,11H,3-4,6-9H2;1-4H;3*1H3;/t20-;13-;;;;;/m00...../s1. The predicted octanol–water partition coefficient (Wildman–Crippen LogP) is 7.06. The second-order valence-corrected chi connectivity index (χ2v) is 33.0. The number of nitro benzene ring substituents is 2. The van der Waals surface area contributed by atoms with E-state index in [-0.39, 0.29) is 22.6 Å². The van der Waals surface area contributed by atoms with E-state index in [1.807, 2.05) is 6.07 Å². The number of halogens is 1. The fourth-order valence-corrected chi connectivity index (χ4v) is 13.3. The molecule has 0 saturated carbocycles. The number of carbonyl (C=O) groups is 2. The number of benzene rings is 2. The summed E-state index contributed by atoms with van der Waals surface area (Å²) in [5.41, 5.74) is 4.02. The fourth-order valence-electron chi connectivity index (χ4n) is 9.74. The number of ether oxygens (including phenoxy) is 2. The van der Waals surface area contributed by atoms with Crippen LogP contribution in [0.25, 0.3) is 11.1 Å². The Balaban J connectivity index is 0.000000133. The van der Waals surface area contributed by atoms with Crippen LogP contribution in [0, 0.1) is 32.1 Å². The third kappa shape index (κ3) is 8.27. The van der Waals surface area contributed by atoms with Gasteiger partial charge in [-0.05, 0) is 72.2 Å². The van der Waals surface area contributed by atoms with Crippen LogP contribution >= 0.6 is 15.9 Å². The minimum absolute atomic E-state index is 0.0289. The number of aromatic nitrogens is 2. The van der Waals surface area contributed by atoms with Crippen molar-refractivity contribution in [3.8, 4) is 22.9 Å². The van der Waals surface area contributed by atoms with Crippen LogP contribution in [-0.2, 0) is 12.8 Å². The van der Waals surface area contributed by atoms with Gasteiger partial charge >= 0.3 is 126 Å². The van der Waals surface area contributed by atoms with Crippen LogP contribution in [0.3, 0.4) is 0 Å². The summed E-state index contributed by atoms with van der Waals surface area (Å²) >= 11 is 0.968. The van der Waals surface area contributed by atoms with Crippen LogP contribution in [-0.4, -0.2) is 111 Å². The van der Waals surface area contributed by atoms with E-state index in [9.17, 15) is 29.8 Å². The average molecular weight is 974 g/mol. The zero-order valence-corrected chi connectivity index (χ0v) is 37.8. The molecule has 6 fully saturated rings. The third-order valence-electron chi connectivity index (χ3n) is 12.9. The number of nitro groups is 2. The summed E-state index contributed by atoms with van der Waals surface area (Å²) in [6, 6.07) is 12.8. The Morgan fingerprint density at radius 2 is 1.22 bits per heavy atom. The number of hydrogen-bond donors (Lipinski definition) is 0. The molecular formula is C43H47BrN6O8Sn. The second-order valence-electron chi connectivity index (χ2n) is 17.7. The van der Waals surface area contributed by atoms with E-state index < -0.39 is 28.2 Å². The van der Waals surface area contributed by atoms with Gasteiger partial charge in [0.15, 0.2) is 0 Å². The van der Waals surface area contributed by atoms with Crippen molar-refractivity contribution in [3.05, 3.63) is 108 Å². The molecule has 2 spiro atoms. The molecule has 4 aromatic rings. The number of rotatable bonds is 6. The van der Waals surface area contributed by atoms with Gasteiger partial charge in [-0.25, -0.2) is 4.98 Å². The van der Waals surface area contributed by atoms with Gasteiger partial charge in [0.25, 0.3) is 11.4 Å². The maximum atomic E-state index is 11.4. The molecule has 16 heteroatoms. The molecule has 14 nitrogen and oxygen atoms in total. The molecule has 2 aromatic heterocycles. The summed E-state index contributed by atoms with van der Waals surface area (Å²) in [4.78, 5) is 63.7. The van der Waals surface area contributed by atoms with Crippen LogP contribution < -0.4 is 13.1 Å².